The normalized spacial score (nSPS) is 15.2. The zero-order valence-corrected chi connectivity index (χ0v) is 16.9. The van der Waals surface area contributed by atoms with E-state index in [9.17, 15) is 13.2 Å². The van der Waals surface area contributed by atoms with Crippen LogP contribution in [0.25, 0.3) is 0 Å². The molecule has 0 aliphatic carbocycles. The zero-order chi connectivity index (χ0) is 20.3. The molecule has 28 heavy (non-hydrogen) atoms. The van der Waals surface area contributed by atoms with Gasteiger partial charge in [-0.05, 0) is 55.3 Å². The Kier molecular flexibility index (Phi) is 6.02. The van der Waals surface area contributed by atoms with Crippen molar-refractivity contribution in [1.82, 2.24) is 4.31 Å². The highest BCUT2D eigenvalue weighted by molar-refractivity contribution is 7.89. The molecule has 0 N–H and O–H groups in total. The molecule has 3 rings (SSSR count). The lowest BCUT2D eigenvalue weighted by atomic mass is 10.1. The first kappa shape index (κ1) is 20.3. The first-order chi connectivity index (χ1) is 13.3. The monoisotopic (exact) mass is 405 g/mol. The van der Waals surface area contributed by atoms with E-state index in [1.807, 2.05) is 19.9 Å². The lowest BCUT2D eigenvalue weighted by Crippen LogP contribution is -2.40. The molecule has 0 unspecified atom stereocenters. The van der Waals surface area contributed by atoms with E-state index in [2.05, 4.69) is 0 Å². The fourth-order valence-electron chi connectivity index (χ4n) is 2.88. The zero-order valence-electron chi connectivity index (χ0n) is 16.1. The molecule has 1 saturated heterocycles. The second kappa shape index (κ2) is 8.30. The molecule has 8 heteroatoms. The number of methoxy groups -OCH3 is 1. The van der Waals surface area contributed by atoms with Gasteiger partial charge in [-0.15, -0.1) is 0 Å². The van der Waals surface area contributed by atoms with Gasteiger partial charge in [0.25, 0.3) is 0 Å². The van der Waals surface area contributed by atoms with Gasteiger partial charge in [-0.25, -0.2) is 13.2 Å². The standard InChI is InChI=1S/C20H23NO6S/c1-14-4-5-16(12-15(14)2)27-20(22)18-13-17(6-7-19(18)25-3)28(23,24)21-8-10-26-11-9-21/h4-7,12-13H,8-11H2,1-3H3. The van der Waals surface area contributed by atoms with Gasteiger partial charge in [0.05, 0.1) is 25.2 Å². The van der Waals surface area contributed by atoms with Crippen molar-refractivity contribution in [3.8, 4) is 11.5 Å². The third-order valence-corrected chi connectivity index (χ3v) is 6.58. The number of esters is 1. The van der Waals surface area contributed by atoms with E-state index in [1.54, 1.807) is 12.1 Å². The molecule has 1 aliphatic heterocycles. The number of aryl methyl sites for hydroxylation is 2. The summed E-state index contributed by atoms with van der Waals surface area (Å²) in [6.45, 7) is 5.12. The molecule has 0 spiro atoms. The molecular formula is C20H23NO6S. The molecule has 2 aromatic rings. The van der Waals surface area contributed by atoms with Crippen LogP contribution in [0.5, 0.6) is 11.5 Å². The highest BCUT2D eigenvalue weighted by atomic mass is 32.2. The Hall–Kier alpha value is -2.42. The van der Waals surface area contributed by atoms with E-state index in [4.69, 9.17) is 14.2 Å². The summed E-state index contributed by atoms with van der Waals surface area (Å²) in [5, 5.41) is 0. The fraction of sp³-hybridized carbons (Fsp3) is 0.350. The Bertz CT molecular complexity index is 980. The molecule has 2 aromatic carbocycles. The number of ether oxygens (including phenoxy) is 3. The highest BCUT2D eigenvalue weighted by Crippen LogP contribution is 2.27. The lowest BCUT2D eigenvalue weighted by molar-refractivity contribution is 0.0725. The van der Waals surface area contributed by atoms with Crippen molar-refractivity contribution in [3.05, 3.63) is 53.1 Å². The molecule has 150 valence electrons. The first-order valence-corrected chi connectivity index (χ1v) is 10.3. The largest absolute Gasteiger partial charge is 0.496 e. The van der Waals surface area contributed by atoms with Gasteiger partial charge in [0.2, 0.25) is 10.0 Å². The molecular weight excluding hydrogens is 382 g/mol. The molecule has 0 atom stereocenters. The molecule has 0 aromatic heterocycles. The minimum absolute atomic E-state index is 0.0160. The topological polar surface area (TPSA) is 82.1 Å². The second-order valence-corrected chi connectivity index (χ2v) is 8.45. The van der Waals surface area contributed by atoms with Crippen LogP contribution in [-0.4, -0.2) is 52.1 Å². The average molecular weight is 405 g/mol. The van der Waals surface area contributed by atoms with Crippen LogP contribution in [0.1, 0.15) is 21.5 Å². The molecule has 0 radical (unpaired) electrons. The van der Waals surface area contributed by atoms with Crippen molar-refractivity contribution in [3.63, 3.8) is 0 Å². The van der Waals surface area contributed by atoms with Crippen molar-refractivity contribution in [2.24, 2.45) is 0 Å². The van der Waals surface area contributed by atoms with Gasteiger partial charge >= 0.3 is 5.97 Å². The van der Waals surface area contributed by atoms with Gasteiger partial charge < -0.3 is 14.2 Å². The van der Waals surface area contributed by atoms with E-state index in [0.717, 1.165) is 11.1 Å². The lowest BCUT2D eigenvalue weighted by Gasteiger charge is -2.26. The molecule has 1 heterocycles. The minimum atomic E-state index is -3.74. The number of morpholine rings is 1. The van der Waals surface area contributed by atoms with Crippen molar-refractivity contribution in [1.29, 1.82) is 0 Å². The summed E-state index contributed by atoms with van der Waals surface area (Å²) in [5.74, 6) is -0.0505. The van der Waals surface area contributed by atoms with Crippen LogP contribution < -0.4 is 9.47 Å². The Morgan fingerprint density at radius 3 is 2.39 bits per heavy atom. The maximum Gasteiger partial charge on any atom is 0.347 e. The smallest absolute Gasteiger partial charge is 0.347 e. The Morgan fingerprint density at radius 1 is 1.04 bits per heavy atom. The van der Waals surface area contributed by atoms with Crippen LogP contribution in [0.4, 0.5) is 0 Å². The molecule has 1 aliphatic rings. The summed E-state index contributed by atoms with van der Waals surface area (Å²) in [7, 11) is -2.32. The fourth-order valence-corrected chi connectivity index (χ4v) is 4.32. The van der Waals surface area contributed by atoms with Crippen LogP contribution in [0.3, 0.4) is 0 Å². The number of benzene rings is 2. The first-order valence-electron chi connectivity index (χ1n) is 8.88. The Balaban J connectivity index is 1.92. The summed E-state index contributed by atoms with van der Waals surface area (Å²) in [6.07, 6.45) is 0. The van der Waals surface area contributed by atoms with Crippen LogP contribution in [-0.2, 0) is 14.8 Å². The van der Waals surface area contributed by atoms with E-state index >= 15 is 0 Å². The summed E-state index contributed by atoms with van der Waals surface area (Å²) in [5.41, 5.74) is 2.12. The number of carbonyl (C=O) groups excluding carboxylic acids is 1. The number of sulfonamides is 1. The number of nitrogens with zero attached hydrogens (tertiary/aromatic N) is 1. The second-order valence-electron chi connectivity index (χ2n) is 6.51. The van der Waals surface area contributed by atoms with Gasteiger partial charge in [0.1, 0.15) is 17.1 Å². The van der Waals surface area contributed by atoms with Crippen molar-refractivity contribution >= 4 is 16.0 Å². The molecule has 7 nitrogen and oxygen atoms in total. The van der Waals surface area contributed by atoms with E-state index in [1.165, 1.54) is 29.6 Å². The average Bonchev–Trinajstić information content (AvgIpc) is 2.70. The van der Waals surface area contributed by atoms with Crippen molar-refractivity contribution in [2.45, 2.75) is 18.7 Å². The summed E-state index contributed by atoms with van der Waals surface area (Å²) in [4.78, 5) is 12.7. The molecule has 0 amide bonds. The van der Waals surface area contributed by atoms with E-state index in [-0.39, 0.29) is 29.3 Å². The SMILES string of the molecule is COc1ccc(S(=O)(=O)N2CCOCC2)cc1C(=O)Oc1ccc(C)c(C)c1. The number of hydrogen-bond acceptors (Lipinski definition) is 6. The third kappa shape index (κ3) is 4.19. The highest BCUT2D eigenvalue weighted by Gasteiger charge is 2.28. The molecule has 1 fully saturated rings. The maximum atomic E-state index is 12.9. The van der Waals surface area contributed by atoms with Gasteiger partial charge in [-0.2, -0.15) is 4.31 Å². The molecule has 0 bridgehead atoms. The Morgan fingerprint density at radius 2 is 1.75 bits per heavy atom. The summed E-state index contributed by atoms with van der Waals surface area (Å²) < 4.78 is 43.0. The maximum absolute atomic E-state index is 12.9. The van der Waals surface area contributed by atoms with E-state index in [0.29, 0.717) is 19.0 Å². The number of carbonyl (C=O) groups is 1. The minimum Gasteiger partial charge on any atom is -0.496 e. The predicted molar refractivity (Wildman–Crippen MR) is 103 cm³/mol. The molecule has 0 saturated carbocycles. The Labute approximate surface area is 164 Å². The van der Waals surface area contributed by atoms with Gasteiger partial charge in [-0.3, -0.25) is 0 Å². The van der Waals surface area contributed by atoms with E-state index < -0.39 is 16.0 Å². The predicted octanol–water partition coefficient (Wildman–Crippen LogP) is 2.55. The van der Waals surface area contributed by atoms with Gasteiger partial charge in [0.15, 0.2) is 0 Å². The van der Waals surface area contributed by atoms with Crippen LogP contribution in [0.2, 0.25) is 0 Å². The van der Waals surface area contributed by atoms with Gasteiger partial charge in [0, 0.05) is 13.1 Å². The van der Waals surface area contributed by atoms with Crippen LogP contribution >= 0.6 is 0 Å². The van der Waals surface area contributed by atoms with Crippen LogP contribution in [0, 0.1) is 13.8 Å². The van der Waals surface area contributed by atoms with Crippen molar-refractivity contribution in [2.75, 3.05) is 33.4 Å². The quantitative estimate of drug-likeness (QED) is 0.562. The number of rotatable bonds is 5. The third-order valence-electron chi connectivity index (χ3n) is 4.69. The summed E-state index contributed by atoms with van der Waals surface area (Å²) >= 11 is 0. The number of hydrogen-bond donors (Lipinski definition) is 0. The van der Waals surface area contributed by atoms with Crippen LogP contribution in [0.15, 0.2) is 41.3 Å². The van der Waals surface area contributed by atoms with Gasteiger partial charge in [-0.1, -0.05) is 6.07 Å². The summed E-state index contributed by atoms with van der Waals surface area (Å²) in [6, 6.07) is 9.50. The van der Waals surface area contributed by atoms with Crippen molar-refractivity contribution < 1.29 is 27.4 Å².